The van der Waals surface area contributed by atoms with Crippen LogP contribution in [0.4, 0.5) is 0 Å². The van der Waals surface area contributed by atoms with Crippen LogP contribution >= 0.6 is 0 Å². The number of esters is 1. The Kier molecular flexibility index (Phi) is 3.58. The molecule has 1 rings (SSSR count). The first-order chi connectivity index (χ1) is 7.19. The minimum Gasteiger partial charge on any atom is -0.465 e. The van der Waals surface area contributed by atoms with Crippen molar-refractivity contribution in [1.82, 2.24) is 0 Å². The van der Waals surface area contributed by atoms with E-state index in [1.807, 2.05) is 0 Å². The quantitative estimate of drug-likeness (QED) is 0.552. The predicted octanol–water partition coefficient (Wildman–Crippen LogP) is 1.57. The van der Waals surface area contributed by atoms with Crippen molar-refractivity contribution < 1.29 is 14.3 Å². The van der Waals surface area contributed by atoms with Crippen LogP contribution in [0.15, 0.2) is 24.3 Å². The van der Waals surface area contributed by atoms with Gasteiger partial charge in [-0.3, -0.25) is 4.79 Å². The van der Waals surface area contributed by atoms with E-state index < -0.39 is 5.97 Å². The molecule has 4 nitrogen and oxygen atoms in total. The molecule has 0 heterocycles. The normalized spacial score (nSPS) is 9.07. The number of ether oxygens (including phenoxy) is 1. The highest BCUT2D eigenvalue weighted by atomic mass is 16.5. The minimum absolute atomic E-state index is 0.190. The van der Waals surface area contributed by atoms with Crippen LogP contribution in [0.5, 0.6) is 0 Å². The van der Waals surface area contributed by atoms with Crippen molar-refractivity contribution in [2.75, 3.05) is 7.11 Å². The van der Waals surface area contributed by atoms with Gasteiger partial charge in [-0.2, -0.15) is 5.26 Å². The fourth-order valence-corrected chi connectivity index (χ4v) is 1.11. The molecule has 0 fully saturated rings. The highest BCUT2D eigenvalue weighted by molar-refractivity contribution is 6.00. The van der Waals surface area contributed by atoms with E-state index >= 15 is 0 Å². The van der Waals surface area contributed by atoms with Gasteiger partial charge in [0.05, 0.1) is 25.2 Å². The lowest BCUT2D eigenvalue weighted by molar-refractivity contribution is 0.0600. The molecule has 15 heavy (non-hydrogen) atoms. The van der Waals surface area contributed by atoms with Crippen molar-refractivity contribution in [2.45, 2.75) is 6.42 Å². The Labute approximate surface area is 87.1 Å². The molecule has 0 aromatic heterocycles. The summed E-state index contributed by atoms with van der Waals surface area (Å²) in [6.07, 6.45) is -0.190. The number of methoxy groups -OCH3 is 1. The van der Waals surface area contributed by atoms with Crippen LogP contribution in [-0.2, 0) is 4.74 Å². The summed E-state index contributed by atoms with van der Waals surface area (Å²) in [5.74, 6) is -0.801. The molecule has 1 aromatic carbocycles. The number of nitriles is 1. The number of hydrogen-bond acceptors (Lipinski definition) is 4. The van der Waals surface area contributed by atoms with Crippen LogP contribution in [0.2, 0.25) is 0 Å². The Hall–Kier alpha value is -2.15. The van der Waals surface area contributed by atoms with Gasteiger partial charge in [-0.15, -0.1) is 0 Å². The maximum Gasteiger partial charge on any atom is 0.337 e. The molecule has 0 N–H and O–H groups in total. The zero-order chi connectivity index (χ0) is 11.3. The third kappa shape index (κ3) is 2.64. The van der Waals surface area contributed by atoms with E-state index in [0.29, 0.717) is 11.1 Å². The Balaban J connectivity index is 2.98. The second-order valence-electron chi connectivity index (χ2n) is 2.83. The van der Waals surface area contributed by atoms with Crippen molar-refractivity contribution in [3.05, 3.63) is 35.4 Å². The third-order valence-electron chi connectivity index (χ3n) is 1.85. The second kappa shape index (κ2) is 4.91. The van der Waals surface area contributed by atoms with E-state index in [0.717, 1.165) is 0 Å². The Morgan fingerprint density at radius 1 is 1.40 bits per heavy atom. The monoisotopic (exact) mass is 203 g/mol. The largest absolute Gasteiger partial charge is 0.465 e. The average molecular weight is 203 g/mol. The van der Waals surface area contributed by atoms with Gasteiger partial charge >= 0.3 is 5.97 Å². The summed E-state index contributed by atoms with van der Waals surface area (Å²) in [5.41, 5.74) is 0.653. The van der Waals surface area contributed by atoms with Crippen molar-refractivity contribution in [1.29, 1.82) is 5.26 Å². The highest BCUT2D eigenvalue weighted by Gasteiger charge is 2.09. The van der Waals surface area contributed by atoms with Gasteiger partial charge in [-0.25, -0.2) is 4.79 Å². The van der Waals surface area contributed by atoms with E-state index in [9.17, 15) is 9.59 Å². The standard InChI is InChI=1S/C11H9NO3/c1-15-11(14)9-4-2-3-8(7-9)10(13)5-6-12/h2-4,7H,5H2,1H3. The Morgan fingerprint density at radius 3 is 2.67 bits per heavy atom. The van der Waals surface area contributed by atoms with Gasteiger partial charge in [0.25, 0.3) is 0 Å². The number of carbonyl (C=O) groups is 2. The number of rotatable bonds is 3. The zero-order valence-corrected chi connectivity index (χ0v) is 8.19. The fraction of sp³-hybridized carbons (Fsp3) is 0.182. The average Bonchev–Trinajstić information content (AvgIpc) is 2.28. The third-order valence-corrected chi connectivity index (χ3v) is 1.85. The first kappa shape index (κ1) is 10.9. The van der Waals surface area contributed by atoms with Crippen LogP contribution in [-0.4, -0.2) is 18.9 Å². The number of carbonyl (C=O) groups excluding carboxylic acids is 2. The zero-order valence-electron chi connectivity index (χ0n) is 8.19. The van der Waals surface area contributed by atoms with Gasteiger partial charge in [0.2, 0.25) is 0 Å². The van der Waals surface area contributed by atoms with E-state index in [2.05, 4.69) is 4.74 Å². The van der Waals surface area contributed by atoms with Crippen LogP contribution < -0.4 is 0 Å². The number of benzene rings is 1. The molecule has 0 spiro atoms. The minimum atomic E-state index is -0.499. The molecule has 4 heteroatoms. The molecule has 0 saturated heterocycles. The summed E-state index contributed by atoms with van der Waals surface area (Å²) in [4.78, 5) is 22.5. The summed E-state index contributed by atoms with van der Waals surface area (Å²) >= 11 is 0. The van der Waals surface area contributed by atoms with Crippen LogP contribution in [0.3, 0.4) is 0 Å². The molecule has 0 saturated carbocycles. The predicted molar refractivity (Wildman–Crippen MR) is 52.3 cm³/mol. The first-order valence-electron chi connectivity index (χ1n) is 4.27. The second-order valence-corrected chi connectivity index (χ2v) is 2.83. The molecule has 76 valence electrons. The van der Waals surface area contributed by atoms with E-state index in [-0.39, 0.29) is 12.2 Å². The molecule has 0 amide bonds. The first-order valence-corrected chi connectivity index (χ1v) is 4.27. The topological polar surface area (TPSA) is 67.2 Å². The Bertz CT molecular complexity index is 432. The molecule has 0 aliphatic heterocycles. The van der Waals surface area contributed by atoms with Crippen LogP contribution in [0.1, 0.15) is 27.1 Å². The Morgan fingerprint density at radius 2 is 2.07 bits per heavy atom. The van der Waals surface area contributed by atoms with E-state index in [1.165, 1.54) is 13.2 Å². The molecule has 0 atom stereocenters. The number of nitrogens with zero attached hydrogens (tertiary/aromatic N) is 1. The smallest absolute Gasteiger partial charge is 0.337 e. The maximum atomic E-state index is 11.3. The summed E-state index contributed by atoms with van der Waals surface area (Å²) in [5, 5.41) is 8.36. The van der Waals surface area contributed by atoms with Gasteiger partial charge in [0.1, 0.15) is 0 Å². The molecule has 1 aromatic rings. The van der Waals surface area contributed by atoms with Gasteiger partial charge in [-0.1, -0.05) is 12.1 Å². The molecule has 0 radical (unpaired) electrons. The van der Waals surface area contributed by atoms with E-state index in [4.69, 9.17) is 5.26 Å². The molecular formula is C11H9NO3. The molecular weight excluding hydrogens is 194 g/mol. The summed E-state index contributed by atoms with van der Waals surface area (Å²) in [6, 6.07) is 7.88. The maximum absolute atomic E-state index is 11.3. The number of Topliss-reactive ketones (excluding diaryl/α,β-unsaturated/α-hetero) is 1. The molecule has 0 unspecified atom stereocenters. The summed E-state index contributed by atoms with van der Waals surface area (Å²) in [7, 11) is 1.27. The number of hydrogen-bond donors (Lipinski definition) is 0. The lowest BCUT2D eigenvalue weighted by Crippen LogP contribution is -2.04. The molecule has 0 aliphatic carbocycles. The highest BCUT2D eigenvalue weighted by Crippen LogP contribution is 2.08. The molecule has 0 bridgehead atoms. The van der Waals surface area contributed by atoms with Gasteiger partial charge < -0.3 is 4.74 Å². The molecule has 0 aliphatic rings. The lowest BCUT2D eigenvalue weighted by atomic mass is 10.1. The summed E-state index contributed by atoms with van der Waals surface area (Å²) in [6.45, 7) is 0. The van der Waals surface area contributed by atoms with E-state index in [1.54, 1.807) is 24.3 Å². The van der Waals surface area contributed by atoms with Gasteiger partial charge in [0, 0.05) is 5.56 Å². The van der Waals surface area contributed by atoms with Crippen LogP contribution in [0.25, 0.3) is 0 Å². The summed E-state index contributed by atoms with van der Waals surface area (Å²) < 4.78 is 4.52. The van der Waals surface area contributed by atoms with Gasteiger partial charge in [0.15, 0.2) is 5.78 Å². The lowest BCUT2D eigenvalue weighted by Gasteiger charge is -2.01. The SMILES string of the molecule is COC(=O)c1cccc(C(=O)CC#N)c1. The van der Waals surface area contributed by atoms with Crippen molar-refractivity contribution in [2.24, 2.45) is 0 Å². The van der Waals surface area contributed by atoms with Crippen LogP contribution in [0, 0.1) is 11.3 Å². The van der Waals surface area contributed by atoms with Crippen molar-refractivity contribution in [3.63, 3.8) is 0 Å². The fourth-order valence-electron chi connectivity index (χ4n) is 1.11. The number of ketones is 1. The van der Waals surface area contributed by atoms with Crippen molar-refractivity contribution >= 4 is 11.8 Å². The van der Waals surface area contributed by atoms with Crippen molar-refractivity contribution in [3.8, 4) is 6.07 Å². The van der Waals surface area contributed by atoms with Gasteiger partial charge in [-0.05, 0) is 12.1 Å².